The Kier molecular flexibility index (Phi) is 4.32. The first-order chi connectivity index (χ1) is 6.69. The zero-order valence-corrected chi connectivity index (χ0v) is 9.35. The molecule has 0 aromatic heterocycles. The Labute approximate surface area is 92.5 Å². The first kappa shape index (κ1) is 11.4. The fourth-order valence-electron chi connectivity index (χ4n) is 0.964. The van der Waals surface area contributed by atoms with Crippen molar-refractivity contribution < 1.29 is 14.2 Å². The molecule has 1 rings (SSSR count). The first-order valence-corrected chi connectivity index (χ1v) is 4.59. The summed E-state index contributed by atoms with van der Waals surface area (Å²) in [6, 6.07) is 3.20. The molecule has 1 aromatic rings. The molecule has 5 heteroatoms. The lowest BCUT2D eigenvalue weighted by molar-refractivity contribution is 0.0492. The zero-order chi connectivity index (χ0) is 10.6. The quantitative estimate of drug-likeness (QED) is 0.753. The molecule has 0 saturated heterocycles. The van der Waals surface area contributed by atoms with Gasteiger partial charge in [0.15, 0.2) is 18.3 Å². The van der Waals surface area contributed by atoms with Crippen molar-refractivity contribution in [2.24, 2.45) is 0 Å². The minimum Gasteiger partial charge on any atom is -0.491 e. The molecule has 0 heterocycles. The third-order valence-corrected chi connectivity index (χ3v) is 2.01. The molecule has 0 amide bonds. The molecule has 3 nitrogen and oxygen atoms in total. The summed E-state index contributed by atoms with van der Waals surface area (Å²) in [4.78, 5) is 0. The summed E-state index contributed by atoms with van der Waals surface area (Å²) in [5, 5.41) is 0.896. The highest BCUT2D eigenvalue weighted by Crippen LogP contribution is 2.37. The fraction of sp³-hybridized carbons (Fsp3) is 0.333. The third-order valence-electron chi connectivity index (χ3n) is 1.51. The van der Waals surface area contributed by atoms with Crippen molar-refractivity contribution in [2.75, 3.05) is 21.0 Å². The van der Waals surface area contributed by atoms with Gasteiger partial charge in [-0.2, -0.15) is 0 Å². The molecule has 1 aromatic carbocycles. The van der Waals surface area contributed by atoms with Gasteiger partial charge >= 0.3 is 0 Å². The highest BCUT2D eigenvalue weighted by Gasteiger charge is 2.10. The molecule has 78 valence electrons. The molecule has 0 aliphatic rings. The van der Waals surface area contributed by atoms with Crippen LogP contribution in [0.2, 0.25) is 10.0 Å². The second-order valence-corrected chi connectivity index (χ2v) is 3.31. The van der Waals surface area contributed by atoms with Gasteiger partial charge in [0.2, 0.25) is 0 Å². The Morgan fingerprint density at radius 1 is 1.21 bits per heavy atom. The zero-order valence-electron chi connectivity index (χ0n) is 7.84. The molecule has 0 aliphatic heterocycles. The van der Waals surface area contributed by atoms with E-state index in [9.17, 15) is 0 Å². The highest BCUT2D eigenvalue weighted by atomic mass is 35.5. The van der Waals surface area contributed by atoms with E-state index in [1.54, 1.807) is 12.1 Å². The smallest absolute Gasteiger partial charge is 0.188 e. The van der Waals surface area contributed by atoms with E-state index < -0.39 is 0 Å². The van der Waals surface area contributed by atoms with Crippen molar-refractivity contribution in [2.45, 2.75) is 0 Å². The summed E-state index contributed by atoms with van der Waals surface area (Å²) in [6.45, 7) is 0.118. The van der Waals surface area contributed by atoms with Crippen LogP contribution in [0.25, 0.3) is 0 Å². The van der Waals surface area contributed by atoms with Crippen molar-refractivity contribution in [1.82, 2.24) is 0 Å². The predicted molar refractivity (Wildman–Crippen MR) is 55.5 cm³/mol. The van der Waals surface area contributed by atoms with Gasteiger partial charge in [-0.1, -0.05) is 23.2 Å². The van der Waals surface area contributed by atoms with Crippen molar-refractivity contribution in [3.63, 3.8) is 0 Å². The van der Waals surface area contributed by atoms with E-state index in [0.717, 1.165) is 0 Å². The largest absolute Gasteiger partial charge is 0.491 e. The predicted octanol–water partition coefficient (Wildman–Crippen LogP) is 2.98. The Bertz CT molecular complexity index is 315. The first-order valence-electron chi connectivity index (χ1n) is 3.83. The maximum absolute atomic E-state index is 5.88. The van der Waals surface area contributed by atoms with Crippen LogP contribution in [0.3, 0.4) is 0 Å². The summed E-state index contributed by atoms with van der Waals surface area (Å²) in [5.41, 5.74) is 0. The molecular weight excluding hydrogens is 227 g/mol. The van der Waals surface area contributed by atoms with Crippen LogP contribution in [0, 0.1) is 0 Å². The third kappa shape index (κ3) is 2.67. The molecule has 0 unspecified atom stereocenters. The summed E-state index contributed by atoms with van der Waals surface area (Å²) in [7, 11) is 3.04. The Balaban J connectivity index is 2.99. The average molecular weight is 237 g/mol. The minimum atomic E-state index is 0.118. The number of halogens is 2. The molecule has 14 heavy (non-hydrogen) atoms. The summed E-state index contributed by atoms with van der Waals surface area (Å²) >= 11 is 11.7. The Hall–Kier alpha value is -0.640. The molecular formula is C9H10Cl2O3. The maximum atomic E-state index is 5.88. The molecule has 0 saturated carbocycles. The number of rotatable bonds is 4. The molecule has 0 fully saturated rings. The van der Waals surface area contributed by atoms with E-state index >= 15 is 0 Å². The fourth-order valence-corrected chi connectivity index (χ4v) is 1.52. The molecule has 0 atom stereocenters. The van der Waals surface area contributed by atoms with Crippen LogP contribution in [0.4, 0.5) is 0 Å². The second-order valence-electron chi connectivity index (χ2n) is 2.47. The summed E-state index contributed by atoms with van der Waals surface area (Å²) < 4.78 is 15.0. The van der Waals surface area contributed by atoms with Crippen LogP contribution in [-0.2, 0) is 4.74 Å². The van der Waals surface area contributed by atoms with Crippen LogP contribution >= 0.6 is 23.2 Å². The van der Waals surface area contributed by atoms with Crippen molar-refractivity contribution in [3.05, 3.63) is 22.2 Å². The average Bonchev–Trinajstić information content (AvgIpc) is 2.14. The van der Waals surface area contributed by atoms with E-state index in [1.807, 2.05) is 0 Å². The van der Waals surface area contributed by atoms with Crippen molar-refractivity contribution in [3.8, 4) is 11.5 Å². The summed E-state index contributed by atoms with van der Waals surface area (Å²) in [6.07, 6.45) is 0. The van der Waals surface area contributed by atoms with Crippen LogP contribution in [0.1, 0.15) is 0 Å². The normalized spacial score (nSPS) is 10.0. The SMILES string of the molecule is COCOc1cc(Cl)cc(Cl)c1OC. The van der Waals surface area contributed by atoms with Gasteiger partial charge in [0.1, 0.15) is 0 Å². The molecule has 0 N–H and O–H groups in total. The van der Waals surface area contributed by atoms with Gasteiger partial charge in [0.05, 0.1) is 12.1 Å². The lowest BCUT2D eigenvalue weighted by Gasteiger charge is -2.11. The van der Waals surface area contributed by atoms with Gasteiger partial charge in [-0.15, -0.1) is 0 Å². The van der Waals surface area contributed by atoms with Gasteiger partial charge in [0.25, 0.3) is 0 Å². The van der Waals surface area contributed by atoms with Crippen LogP contribution in [-0.4, -0.2) is 21.0 Å². The minimum absolute atomic E-state index is 0.118. The maximum Gasteiger partial charge on any atom is 0.188 e. The van der Waals surface area contributed by atoms with Gasteiger partial charge in [0, 0.05) is 18.2 Å². The van der Waals surface area contributed by atoms with E-state index in [1.165, 1.54) is 14.2 Å². The molecule has 0 spiro atoms. The van der Waals surface area contributed by atoms with Crippen LogP contribution in [0.15, 0.2) is 12.1 Å². The van der Waals surface area contributed by atoms with Gasteiger partial charge < -0.3 is 14.2 Å². The highest BCUT2D eigenvalue weighted by molar-refractivity contribution is 6.35. The lowest BCUT2D eigenvalue weighted by atomic mass is 10.3. The van der Waals surface area contributed by atoms with Crippen LogP contribution < -0.4 is 9.47 Å². The Morgan fingerprint density at radius 2 is 1.93 bits per heavy atom. The van der Waals surface area contributed by atoms with Gasteiger partial charge in [-0.3, -0.25) is 0 Å². The van der Waals surface area contributed by atoms with Gasteiger partial charge in [-0.05, 0) is 6.07 Å². The molecule has 0 bridgehead atoms. The van der Waals surface area contributed by atoms with Crippen molar-refractivity contribution >= 4 is 23.2 Å². The number of methoxy groups -OCH3 is 2. The van der Waals surface area contributed by atoms with Crippen LogP contribution in [0.5, 0.6) is 11.5 Å². The van der Waals surface area contributed by atoms with E-state index in [-0.39, 0.29) is 6.79 Å². The summed E-state index contributed by atoms with van der Waals surface area (Å²) in [5.74, 6) is 0.917. The van der Waals surface area contributed by atoms with Crippen molar-refractivity contribution in [1.29, 1.82) is 0 Å². The van der Waals surface area contributed by atoms with Gasteiger partial charge in [-0.25, -0.2) is 0 Å². The number of benzene rings is 1. The van der Waals surface area contributed by atoms with E-state index in [4.69, 9.17) is 37.4 Å². The topological polar surface area (TPSA) is 27.7 Å². The standard InChI is InChI=1S/C9H10Cl2O3/c1-12-5-14-8-4-6(10)3-7(11)9(8)13-2/h3-4H,5H2,1-2H3. The molecule has 0 radical (unpaired) electrons. The lowest BCUT2D eigenvalue weighted by Crippen LogP contribution is -2.00. The molecule has 0 aliphatic carbocycles. The van der Waals surface area contributed by atoms with E-state index in [0.29, 0.717) is 21.5 Å². The second kappa shape index (κ2) is 5.29. The Morgan fingerprint density at radius 3 is 2.50 bits per heavy atom. The van der Waals surface area contributed by atoms with E-state index in [2.05, 4.69) is 0 Å². The number of hydrogen-bond donors (Lipinski definition) is 0. The number of ether oxygens (including phenoxy) is 3. The monoisotopic (exact) mass is 236 g/mol. The number of hydrogen-bond acceptors (Lipinski definition) is 3.